The van der Waals surface area contributed by atoms with Gasteiger partial charge in [-0.3, -0.25) is 43.6 Å². The van der Waals surface area contributed by atoms with E-state index in [9.17, 15) is 42.0 Å². The van der Waals surface area contributed by atoms with Gasteiger partial charge in [0.1, 0.15) is 17.8 Å². The van der Waals surface area contributed by atoms with Crippen LogP contribution in [0.1, 0.15) is 105 Å². The number of likely N-dealkylation sites (tertiary alicyclic amines) is 1. The Kier molecular flexibility index (Phi) is 25.8. The van der Waals surface area contributed by atoms with Gasteiger partial charge in [0, 0.05) is 47.2 Å². The Morgan fingerprint density at radius 2 is 1.50 bits per heavy atom. The molecule has 1 aliphatic heterocycles. The van der Waals surface area contributed by atoms with E-state index in [1.54, 1.807) is 41.4 Å². The van der Waals surface area contributed by atoms with Crippen molar-refractivity contribution in [2.24, 2.45) is 23.7 Å². The molecule has 0 bridgehead atoms. The number of methoxy groups -OCH3 is 2. The average Bonchev–Trinajstić information content (AvgIpc) is 3.77. The van der Waals surface area contributed by atoms with Crippen molar-refractivity contribution in [3.05, 3.63) is 29.8 Å². The Morgan fingerprint density at radius 3 is 2.03 bits per heavy atom. The third kappa shape index (κ3) is 19.0. The van der Waals surface area contributed by atoms with Gasteiger partial charge in [0.25, 0.3) is 5.91 Å². The molecule has 6 N–H and O–H groups in total. The van der Waals surface area contributed by atoms with Gasteiger partial charge in [-0.25, -0.2) is 18.7 Å². The molecule has 9 atom stereocenters. The zero-order chi connectivity index (χ0) is 53.0. The molecule has 2 rings (SSSR count). The second kappa shape index (κ2) is 29.4. The van der Waals surface area contributed by atoms with Gasteiger partial charge in [0.2, 0.25) is 39.6 Å². The molecular formula is C48H82N8O13S. The van der Waals surface area contributed by atoms with Crippen molar-refractivity contribution in [1.29, 1.82) is 0 Å². The number of benzene rings is 1. The fourth-order valence-electron chi connectivity index (χ4n) is 9.08. The molecule has 1 aliphatic rings. The molecule has 1 aromatic rings. The van der Waals surface area contributed by atoms with Crippen LogP contribution in [0.2, 0.25) is 0 Å². The minimum Gasteiger partial charge on any atom is -0.410 e. The number of hydroxylamine groups is 1. The maximum Gasteiger partial charge on any atom is 0.412 e. The van der Waals surface area contributed by atoms with E-state index in [1.165, 1.54) is 26.4 Å². The first-order chi connectivity index (χ1) is 32.8. The number of hydrogen-bond acceptors (Lipinski definition) is 14. The van der Waals surface area contributed by atoms with Gasteiger partial charge < -0.3 is 40.0 Å². The molecule has 0 unspecified atom stereocenters. The lowest BCUT2D eigenvalue weighted by Gasteiger charge is -2.41. The second-order valence-electron chi connectivity index (χ2n) is 19.3. The molecule has 1 aromatic carbocycles. The van der Waals surface area contributed by atoms with Crippen molar-refractivity contribution in [2.45, 2.75) is 149 Å². The van der Waals surface area contributed by atoms with Gasteiger partial charge in [0.15, 0.2) is 0 Å². The summed E-state index contributed by atoms with van der Waals surface area (Å²) in [6, 6.07) is 2.33. The number of unbranched alkanes of at least 4 members (excludes halogenated alkanes) is 2. The van der Waals surface area contributed by atoms with Crippen molar-refractivity contribution in [3.63, 3.8) is 0 Å². The largest absolute Gasteiger partial charge is 0.412 e. The molecule has 1 fully saturated rings. The van der Waals surface area contributed by atoms with E-state index in [0.29, 0.717) is 57.2 Å². The van der Waals surface area contributed by atoms with E-state index < -0.39 is 82.2 Å². The summed E-state index contributed by atoms with van der Waals surface area (Å²) in [7, 11) is 4.23. The Labute approximate surface area is 415 Å². The maximum absolute atomic E-state index is 14.4. The SMILES string of the molecule is CC[C@H](C)[C@@H]([C@@H](CC(=O)N1CCC[C@H]1[C@H](OC)[C@@H](C)C(=O)N[C@@H](Cc1ccc(OC(=O)NCCCCCC(=O)NO)cc1)C(=O)NS(C)(=O)=O)OC)N(C)C(=O)[C@@H](NC(=O)[C@H](C(C)C)N(C)C)C(C)C. The fourth-order valence-corrected chi connectivity index (χ4v) is 9.59. The molecule has 1 heterocycles. The molecular weight excluding hydrogens is 929 g/mol. The molecule has 70 heavy (non-hydrogen) atoms. The number of likely N-dealkylation sites (N-methyl/N-ethyl adjacent to an activating group) is 2. The number of ether oxygens (including phenoxy) is 3. The van der Waals surface area contributed by atoms with Crippen molar-refractivity contribution in [3.8, 4) is 5.75 Å². The van der Waals surface area contributed by atoms with E-state index in [-0.39, 0.29) is 60.5 Å². The quantitative estimate of drug-likeness (QED) is 0.0383. The number of sulfonamides is 1. The zero-order valence-corrected chi connectivity index (χ0v) is 44.4. The summed E-state index contributed by atoms with van der Waals surface area (Å²) in [6.45, 7) is 13.9. The monoisotopic (exact) mass is 1010 g/mol. The molecule has 0 aromatic heterocycles. The van der Waals surface area contributed by atoms with Crippen LogP contribution < -0.4 is 30.9 Å². The molecule has 21 nitrogen and oxygen atoms in total. The Balaban J connectivity index is 2.25. The summed E-state index contributed by atoms with van der Waals surface area (Å²) in [5.41, 5.74) is 2.07. The minimum absolute atomic E-state index is 0.00516. The topological polar surface area (TPSA) is 271 Å². The summed E-state index contributed by atoms with van der Waals surface area (Å²) < 4.78 is 43.5. The lowest BCUT2D eigenvalue weighted by molar-refractivity contribution is -0.148. The lowest BCUT2D eigenvalue weighted by atomic mass is 9.89. The van der Waals surface area contributed by atoms with Gasteiger partial charge in [-0.15, -0.1) is 0 Å². The summed E-state index contributed by atoms with van der Waals surface area (Å²) in [5.74, 6) is -4.03. The van der Waals surface area contributed by atoms with Crippen LogP contribution in [-0.2, 0) is 54.7 Å². The normalized spacial score (nSPS) is 17.4. The first-order valence-corrected chi connectivity index (χ1v) is 26.1. The first-order valence-electron chi connectivity index (χ1n) is 24.2. The zero-order valence-electron chi connectivity index (χ0n) is 43.5. The number of carbonyl (C=O) groups is 7. The molecule has 0 radical (unpaired) electrons. The lowest BCUT2D eigenvalue weighted by Crippen LogP contribution is -2.59. The number of hydrogen-bond donors (Lipinski definition) is 6. The third-order valence-electron chi connectivity index (χ3n) is 12.9. The number of carbonyl (C=O) groups excluding carboxylic acids is 7. The minimum atomic E-state index is -4.03. The van der Waals surface area contributed by atoms with E-state index in [1.807, 2.05) is 65.3 Å². The Morgan fingerprint density at radius 1 is 0.857 bits per heavy atom. The summed E-state index contributed by atoms with van der Waals surface area (Å²) >= 11 is 0. The molecule has 1 saturated heterocycles. The number of nitrogens with one attached hydrogen (secondary N) is 5. The van der Waals surface area contributed by atoms with Crippen LogP contribution in [0.25, 0.3) is 0 Å². The molecule has 0 saturated carbocycles. The number of amides is 7. The molecule has 0 aliphatic carbocycles. The molecule has 22 heteroatoms. The van der Waals surface area contributed by atoms with E-state index >= 15 is 0 Å². The number of rotatable bonds is 29. The fraction of sp³-hybridized carbons (Fsp3) is 0.729. The van der Waals surface area contributed by atoms with Gasteiger partial charge in [0.05, 0.1) is 48.9 Å². The highest BCUT2D eigenvalue weighted by molar-refractivity contribution is 7.89. The molecule has 7 amide bonds. The highest BCUT2D eigenvalue weighted by Gasteiger charge is 2.43. The summed E-state index contributed by atoms with van der Waals surface area (Å²) in [5, 5.41) is 16.9. The molecule has 398 valence electrons. The van der Waals surface area contributed by atoms with Gasteiger partial charge in [-0.2, -0.15) is 0 Å². The van der Waals surface area contributed by atoms with Crippen molar-refractivity contribution >= 4 is 51.6 Å². The van der Waals surface area contributed by atoms with Crippen LogP contribution in [0.3, 0.4) is 0 Å². The van der Waals surface area contributed by atoms with Crippen molar-refractivity contribution in [2.75, 3.05) is 54.7 Å². The van der Waals surface area contributed by atoms with Crippen LogP contribution in [0.15, 0.2) is 24.3 Å². The van der Waals surface area contributed by atoms with Gasteiger partial charge in [-0.1, -0.05) is 73.4 Å². The summed E-state index contributed by atoms with van der Waals surface area (Å²) in [6.07, 6.45) is 1.97. The van der Waals surface area contributed by atoms with Crippen molar-refractivity contribution < 1.29 is 61.4 Å². The van der Waals surface area contributed by atoms with E-state index in [0.717, 1.165) is 6.26 Å². The highest BCUT2D eigenvalue weighted by Crippen LogP contribution is 2.30. The average molecular weight is 1010 g/mol. The summed E-state index contributed by atoms with van der Waals surface area (Å²) in [4.78, 5) is 98.2. The van der Waals surface area contributed by atoms with Crippen molar-refractivity contribution in [1.82, 2.24) is 40.9 Å². The number of nitrogens with zero attached hydrogens (tertiary/aromatic N) is 3. The Hall–Kier alpha value is -4.90. The predicted octanol–water partition coefficient (Wildman–Crippen LogP) is 2.59. The maximum atomic E-state index is 14.4. The molecule has 0 spiro atoms. The first kappa shape index (κ1) is 61.2. The standard InChI is InChI=1S/C48H82N8O13S/c1-14-31(6)42(55(10)47(62)40(29(2)3)51-46(61)41(30(4)5)54(8)9)37(67-11)28-39(58)56-26-18-19-36(56)43(68-12)32(7)44(59)50-35(45(60)53-70(13,65)66)27-33-21-23-34(24-22-33)69-48(63)49-25-17-15-16-20-38(57)52-64/h21-24,29-32,35-37,40-43,64H,14-20,25-28H2,1-13H3,(H,49,63)(H,50,59)(H,51,61)(H,52,57)(H,53,60)/t31-,32+,35-,36-,37+,40-,41-,42-,43+/m0/s1. The van der Waals surface area contributed by atoms with Crippen LogP contribution in [0.4, 0.5) is 4.79 Å². The highest BCUT2D eigenvalue weighted by atomic mass is 32.2. The van der Waals surface area contributed by atoms with Gasteiger partial charge >= 0.3 is 6.09 Å². The van der Waals surface area contributed by atoms with Crippen LogP contribution in [0.5, 0.6) is 5.75 Å². The van der Waals surface area contributed by atoms with Crippen LogP contribution >= 0.6 is 0 Å². The van der Waals surface area contributed by atoms with Gasteiger partial charge in [-0.05, 0) is 75.2 Å². The van der Waals surface area contributed by atoms with Crippen LogP contribution in [-0.4, -0.2) is 167 Å². The van der Waals surface area contributed by atoms with E-state index in [2.05, 4.69) is 16.0 Å². The predicted molar refractivity (Wildman–Crippen MR) is 263 cm³/mol. The third-order valence-corrected chi connectivity index (χ3v) is 13.5. The van der Waals surface area contributed by atoms with Crippen LogP contribution in [0, 0.1) is 23.7 Å². The second-order valence-corrected chi connectivity index (χ2v) is 21.0. The smallest absolute Gasteiger partial charge is 0.410 e. The Bertz CT molecular complexity index is 1980. The van der Waals surface area contributed by atoms with E-state index in [4.69, 9.17) is 19.4 Å².